The molecule has 4 aromatic rings. The molecule has 0 saturated heterocycles. The molecule has 1 N–H and O–H groups in total. The molecule has 1 saturated carbocycles. The minimum atomic E-state index is -0.281. The number of ether oxygens (including phenoxy) is 1. The summed E-state index contributed by atoms with van der Waals surface area (Å²) in [7, 11) is 0. The van der Waals surface area contributed by atoms with Crippen molar-refractivity contribution in [2.45, 2.75) is 38.3 Å². The highest BCUT2D eigenvalue weighted by Gasteiger charge is 2.30. The van der Waals surface area contributed by atoms with Crippen molar-refractivity contribution < 1.29 is 9.13 Å². The van der Waals surface area contributed by atoms with Crippen molar-refractivity contribution in [3.05, 3.63) is 78.2 Å². The fraction of sp³-hybridized carbons (Fsp3) is 0.296. The normalized spacial score (nSPS) is 18.0. The standard InChI is InChI=1S/C27H28FN5O/c1-29-17-20-9-5-6-10-23(20)33-24-15-16-30-27(34-18-19-7-3-2-4-8-19)25(24)26(32-33)31-22-13-11-21(28)12-14-22/h2-4,7-8,11-16,20,23H,1,5-6,9-10,17-18H2,(H,31,32)/t20-,23+/m1/s1. The molecule has 2 atom stereocenters. The first-order valence-corrected chi connectivity index (χ1v) is 11.7. The minimum absolute atomic E-state index is 0.217. The van der Waals surface area contributed by atoms with E-state index in [-0.39, 0.29) is 11.9 Å². The molecule has 1 aliphatic carbocycles. The summed E-state index contributed by atoms with van der Waals surface area (Å²) in [5, 5.41) is 9.19. The number of aromatic nitrogens is 3. The van der Waals surface area contributed by atoms with E-state index in [9.17, 15) is 4.39 Å². The molecule has 0 unspecified atom stereocenters. The van der Waals surface area contributed by atoms with Crippen molar-refractivity contribution in [3.8, 4) is 5.88 Å². The van der Waals surface area contributed by atoms with E-state index in [0.29, 0.717) is 24.2 Å². The monoisotopic (exact) mass is 457 g/mol. The molecule has 174 valence electrons. The lowest BCUT2D eigenvalue weighted by Gasteiger charge is -2.31. The van der Waals surface area contributed by atoms with E-state index in [2.05, 4.69) is 26.7 Å². The van der Waals surface area contributed by atoms with Gasteiger partial charge in [-0.15, -0.1) is 0 Å². The van der Waals surface area contributed by atoms with Crippen LogP contribution in [-0.2, 0) is 6.61 Å². The van der Waals surface area contributed by atoms with E-state index >= 15 is 0 Å². The maximum absolute atomic E-state index is 13.5. The zero-order valence-corrected chi connectivity index (χ0v) is 19.0. The predicted molar refractivity (Wildman–Crippen MR) is 133 cm³/mol. The van der Waals surface area contributed by atoms with Crippen molar-refractivity contribution in [3.63, 3.8) is 0 Å². The first-order valence-electron chi connectivity index (χ1n) is 11.7. The van der Waals surface area contributed by atoms with E-state index in [1.165, 1.54) is 18.6 Å². The number of hydrogen-bond acceptors (Lipinski definition) is 5. The number of anilines is 2. The van der Waals surface area contributed by atoms with Crippen LogP contribution in [0.2, 0.25) is 0 Å². The van der Waals surface area contributed by atoms with Gasteiger partial charge in [0.1, 0.15) is 17.8 Å². The van der Waals surface area contributed by atoms with Crippen LogP contribution in [0.15, 0.2) is 71.9 Å². The zero-order chi connectivity index (χ0) is 23.3. The average Bonchev–Trinajstić information content (AvgIpc) is 3.24. The third-order valence-electron chi connectivity index (χ3n) is 6.46. The molecular weight excluding hydrogens is 429 g/mol. The van der Waals surface area contributed by atoms with Crippen molar-refractivity contribution >= 4 is 29.1 Å². The number of pyridine rings is 1. The van der Waals surface area contributed by atoms with Crippen molar-refractivity contribution in [2.75, 3.05) is 11.9 Å². The van der Waals surface area contributed by atoms with Gasteiger partial charge >= 0.3 is 0 Å². The lowest BCUT2D eigenvalue weighted by atomic mass is 9.84. The number of rotatable bonds is 8. The van der Waals surface area contributed by atoms with Gasteiger partial charge in [0.05, 0.1) is 11.6 Å². The fourth-order valence-corrected chi connectivity index (χ4v) is 4.79. The van der Waals surface area contributed by atoms with Crippen LogP contribution < -0.4 is 10.1 Å². The lowest BCUT2D eigenvalue weighted by molar-refractivity contribution is 0.235. The van der Waals surface area contributed by atoms with E-state index in [1.807, 2.05) is 36.4 Å². The third-order valence-corrected chi connectivity index (χ3v) is 6.46. The molecule has 6 nitrogen and oxygen atoms in total. The summed E-state index contributed by atoms with van der Waals surface area (Å²) in [6, 6.07) is 18.5. The van der Waals surface area contributed by atoms with Crippen LogP contribution in [0, 0.1) is 11.7 Å². The molecule has 7 heteroatoms. The van der Waals surface area contributed by atoms with Gasteiger partial charge in [-0.25, -0.2) is 9.37 Å². The van der Waals surface area contributed by atoms with Crippen molar-refractivity contribution in [1.29, 1.82) is 0 Å². The van der Waals surface area contributed by atoms with Gasteiger partial charge in [-0.05, 0) is 55.5 Å². The maximum Gasteiger partial charge on any atom is 0.227 e. The molecule has 1 aliphatic rings. The summed E-state index contributed by atoms with van der Waals surface area (Å²) in [5.74, 6) is 1.27. The Hall–Kier alpha value is -3.74. The highest BCUT2D eigenvalue weighted by atomic mass is 19.1. The number of benzene rings is 2. The van der Waals surface area contributed by atoms with Gasteiger partial charge in [-0.1, -0.05) is 43.2 Å². The quantitative estimate of drug-likeness (QED) is 0.314. The topological polar surface area (TPSA) is 64.3 Å². The Bertz CT molecular complexity index is 1260. The molecule has 2 aromatic carbocycles. The van der Waals surface area contributed by atoms with Crippen molar-refractivity contribution in [2.24, 2.45) is 10.9 Å². The fourth-order valence-electron chi connectivity index (χ4n) is 4.79. The molecular formula is C27H28FN5O. The van der Waals surface area contributed by atoms with Gasteiger partial charge < -0.3 is 15.0 Å². The summed E-state index contributed by atoms with van der Waals surface area (Å²) in [5.41, 5.74) is 2.77. The summed E-state index contributed by atoms with van der Waals surface area (Å²) in [6.45, 7) is 4.85. The average molecular weight is 458 g/mol. The van der Waals surface area contributed by atoms with E-state index in [4.69, 9.17) is 9.84 Å². The molecule has 1 fully saturated rings. The van der Waals surface area contributed by atoms with Crippen LogP contribution in [0.5, 0.6) is 5.88 Å². The molecule has 0 radical (unpaired) electrons. The first kappa shape index (κ1) is 22.1. The van der Waals surface area contributed by atoms with E-state index in [0.717, 1.165) is 48.0 Å². The summed E-state index contributed by atoms with van der Waals surface area (Å²) in [6.07, 6.45) is 6.27. The molecule has 0 aliphatic heterocycles. The largest absolute Gasteiger partial charge is 0.472 e. The second-order valence-electron chi connectivity index (χ2n) is 8.73. The van der Waals surface area contributed by atoms with Gasteiger partial charge in [0.25, 0.3) is 0 Å². The number of hydrogen-bond donors (Lipinski definition) is 1. The summed E-state index contributed by atoms with van der Waals surface area (Å²) < 4.78 is 21.8. The highest BCUT2D eigenvalue weighted by Crippen LogP contribution is 2.40. The van der Waals surface area contributed by atoms with Gasteiger partial charge in [0.2, 0.25) is 5.88 Å². The van der Waals surface area contributed by atoms with Crippen LogP contribution in [0.25, 0.3) is 10.9 Å². The second kappa shape index (κ2) is 10.0. The zero-order valence-electron chi connectivity index (χ0n) is 19.0. The summed E-state index contributed by atoms with van der Waals surface area (Å²) in [4.78, 5) is 8.75. The Morgan fingerprint density at radius 1 is 1.06 bits per heavy atom. The third kappa shape index (κ3) is 4.64. The number of halogens is 1. The van der Waals surface area contributed by atoms with Crippen molar-refractivity contribution in [1.82, 2.24) is 14.8 Å². The van der Waals surface area contributed by atoms with Crippen LogP contribution in [0.1, 0.15) is 37.3 Å². The highest BCUT2D eigenvalue weighted by molar-refractivity contribution is 5.96. The first-order chi connectivity index (χ1) is 16.7. The van der Waals surface area contributed by atoms with E-state index < -0.39 is 0 Å². The number of aliphatic imine (C=N–C) groups is 1. The second-order valence-corrected chi connectivity index (χ2v) is 8.73. The van der Waals surface area contributed by atoms with Crippen LogP contribution >= 0.6 is 0 Å². The smallest absolute Gasteiger partial charge is 0.227 e. The van der Waals surface area contributed by atoms with Crippen LogP contribution in [0.3, 0.4) is 0 Å². The van der Waals surface area contributed by atoms with Gasteiger partial charge in [-0.2, -0.15) is 5.10 Å². The Morgan fingerprint density at radius 3 is 2.65 bits per heavy atom. The molecule has 5 rings (SSSR count). The Kier molecular flexibility index (Phi) is 6.51. The molecule has 0 bridgehead atoms. The number of fused-ring (bicyclic) bond motifs is 1. The Labute approximate surface area is 198 Å². The molecule has 2 aromatic heterocycles. The molecule has 2 heterocycles. The maximum atomic E-state index is 13.5. The molecule has 0 amide bonds. The predicted octanol–water partition coefficient (Wildman–Crippen LogP) is 6.32. The van der Waals surface area contributed by atoms with Gasteiger partial charge in [0.15, 0.2) is 5.82 Å². The Balaban J connectivity index is 1.57. The Morgan fingerprint density at radius 2 is 1.85 bits per heavy atom. The molecule has 34 heavy (non-hydrogen) atoms. The molecule has 0 spiro atoms. The van der Waals surface area contributed by atoms with Crippen LogP contribution in [0.4, 0.5) is 15.9 Å². The van der Waals surface area contributed by atoms with Gasteiger partial charge in [0, 0.05) is 24.3 Å². The minimum Gasteiger partial charge on any atom is -0.472 e. The van der Waals surface area contributed by atoms with Crippen LogP contribution in [-0.4, -0.2) is 28.0 Å². The SMILES string of the molecule is C=NC[C@H]1CCCC[C@@H]1n1nc(Nc2ccc(F)cc2)c2c(OCc3ccccc3)nccc21. The number of nitrogens with one attached hydrogen (secondary N) is 1. The lowest BCUT2D eigenvalue weighted by Crippen LogP contribution is -2.26. The van der Waals surface area contributed by atoms with Gasteiger partial charge in [-0.3, -0.25) is 4.68 Å². The number of nitrogens with zero attached hydrogens (tertiary/aromatic N) is 4. The summed E-state index contributed by atoms with van der Waals surface area (Å²) >= 11 is 0. The van der Waals surface area contributed by atoms with E-state index in [1.54, 1.807) is 18.3 Å².